The van der Waals surface area contributed by atoms with E-state index in [1.807, 2.05) is 13.8 Å². The summed E-state index contributed by atoms with van der Waals surface area (Å²) >= 11 is 0. The minimum atomic E-state index is -0.859. The smallest absolute Gasteiger partial charge is 0.321 e. The van der Waals surface area contributed by atoms with Gasteiger partial charge in [-0.15, -0.1) is 0 Å². The average Bonchev–Trinajstić information content (AvgIpc) is 2.19. The minimum absolute atomic E-state index is 0.123. The summed E-state index contributed by atoms with van der Waals surface area (Å²) in [7, 11) is 0. The van der Waals surface area contributed by atoms with Crippen LogP contribution in [0, 0.1) is 0 Å². The summed E-state index contributed by atoms with van der Waals surface area (Å²) in [6.07, 6.45) is 0.411. The highest BCUT2D eigenvalue weighted by molar-refractivity contribution is 5.74. The van der Waals surface area contributed by atoms with Crippen LogP contribution < -0.4 is 5.32 Å². The maximum absolute atomic E-state index is 11.0. The Morgan fingerprint density at radius 3 is 2.31 bits per heavy atom. The molecule has 1 aromatic carbocycles. The summed E-state index contributed by atoms with van der Waals surface area (Å²) in [4.78, 5) is 11.0. The van der Waals surface area contributed by atoms with Crippen LogP contribution in [0.3, 0.4) is 0 Å². The van der Waals surface area contributed by atoms with Crippen molar-refractivity contribution in [1.29, 1.82) is 0 Å². The Balaban J connectivity index is 2.68. The van der Waals surface area contributed by atoms with E-state index in [2.05, 4.69) is 5.32 Å². The van der Waals surface area contributed by atoms with Crippen LogP contribution in [-0.2, 0) is 11.2 Å². The summed E-state index contributed by atoms with van der Waals surface area (Å²) in [5.41, 5.74) is 0.887. The van der Waals surface area contributed by atoms with Crippen LogP contribution in [-0.4, -0.2) is 28.3 Å². The van der Waals surface area contributed by atoms with Crippen LogP contribution in [0.25, 0.3) is 0 Å². The van der Waals surface area contributed by atoms with Gasteiger partial charge >= 0.3 is 5.97 Å². The lowest BCUT2D eigenvalue weighted by atomic mass is 10.1. The van der Waals surface area contributed by atoms with Gasteiger partial charge in [0.15, 0.2) is 0 Å². The van der Waals surface area contributed by atoms with Crippen molar-refractivity contribution in [2.75, 3.05) is 0 Å². The number of carbonyl (C=O) groups is 1. The number of rotatable bonds is 5. The van der Waals surface area contributed by atoms with E-state index in [1.54, 1.807) is 24.3 Å². The highest BCUT2D eigenvalue weighted by Gasteiger charge is 2.18. The van der Waals surface area contributed by atoms with E-state index in [0.29, 0.717) is 6.42 Å². The predicted molar refractivity (Wildman–Crippen MR) is 61.5 cm³/mol. The van der Waals surface area contributed by atoms with Gasteiger partial charge < -0.3 is 15.5 Å². The van der Waals surface area contributed by atoms with E-state index in [9.17, 15) is 4.79 Å². The van der Waals surface area contributed by atoms with E-state index < -0.39 is 12.0 Å². The second-order valence-corrected chi connectivity index (χ2v) is 4.08. The van der Waals surface area contributed by atoms with Gasteiger partial charge in [-0.05, 0) is 24.1 Å². The molecule has 0 aliphatic heterocycles. The first-order chi connectivity index (χ1) is 7.49. The molecule has 0 saturated carbocycles. The Kier molecular flexibility index (Phi) is 4.31. The van der Waals surface area contributed by atoms with Crippen molar-refractivity contribution in [3.05, 3.63) is 29.8 Å². The second kappa shape index (κ2) is 5.51. The average molecular weight is 223 g/mol. The molecular weight excluding hydrogens is 206 g/mol. The number of nitrogens with one attached hydrogen (secondary N) is 1. The number of hydrogen-bond acceptors (Lipinski definition) is 3. The molecule has 0 unspecified atom stereocenters. The number of benzene rings is 1. The third-order valence-electron chi connectivity index (χ3n) is 2.21. The van der Waals surface area contributed by atoms with E-state index in [-0.39, 0.29) is 11.8 Å². The van der Waals surface area contributed by atoms with Crippen molar-refractivity contribution in [3.63, 3.8) is 0 Å². The van der Waals surface area contributed by atoms with Gasteiger partial charge in [-0.3, -0.25) is 4.79 Å². The molecule has 1 atom stereocenters. The first kappa shape index (κ1) is 12.5. The highest BCUT2D eigenvalue weighted by Crippen LogP contribution is 2.11. The number of phenols is 1. The van der Waals surface area contributed by atoms with Gasteiger partial charge in [0.2, 0.25) is 0 Å². The van der Waals surface area contributed by atoms with Crippen molar-refractivity contribution >= 4 is 5.97 Å². The number of aromatic hydroxyl groups is 1. The van der Waals surface area contributed by atoms with Gasteiger partial charge in [0, 0.05) is 6.04 Å². The van der Waals surface area contributed by atoms with Gasteiger partial charge in [-0.1, -0.05) is 26.0 Å². The Bertz CT molecular complexity index is 346. The molecule has 16 heavy (non-hydrogen) atoms. The van der Waals surface area contributed by atoms with Crippen molar-refractivity contribution in [3.8, 4) is 5.75 Å². The molecule has 88 valence electrons. The lowest BCUT2D eigenvalue weighted by Gasteiger charge is -2.17. The van der Waals surface area contributed by atoms with Crippen molar-refractivity contribution < 1.29 is 15.0 Å². The van der Waals surface area contributed by atoms with Crippen molar-refractivity contribution in [2.24, 2.45) is 0 Å². The number of carboxylic acids is 1. The van der Waals surface area contributed by atoms with Gasteiger partial charge in [0.05, 0.1) is 0 Å². The molecule has 0 bridgehead atoms. The molecule has 0 fully saturated rings. The maximum atomic E-state index is 11.0. The lowest BCUT2D eigenvalue weighted by molar-refractivity contribution is -0.139. The molecule has 0 radical (unpaired) electrons. The Morgan fingerprint density at radius 1 is 1.31 bits per heavy atom. The van der Waals surface area contributed by atoms with Crippen LogP contribution in [0.1, 0.15) is 19.4 Å². The number of aliphatic carboxylic acids is 1. The van der Waals surface area contributed by atoms with Crippen molar-refractivity contribution in [2.45, 2.75) is 32.4 Å². The lowest BCUT2D eigenvalue weighted by Crippen LogP contribution is -2.42. The topological polar surface area (TPSA) is 69.6 Å². The van der Waals surface area contributed by atoms with E-state index >= 15 is 0 Å². The van der Waals surface area contributed by atoms with Crippen molar-refractivity contribution in [1.82, 2.24) is 5.32 Å². The predicted octanol–water partition coefficient (Wildman–Crippen LogP) is 1.39. The Labute approximate surface area is 94.9 Å². The van der Waals surface area contributed by atoms with Crippen LogP contribution in [0.15, 0.2) is 24.3 Å². The monoisotopic (exact) mass is 223 g/mol. The fraction of sp³-hybridized carbons (Fsp3) is 0.417. The fourth-order valence-electron chi connectivity index (χ4n) is 1.49. The number of hydrogen-bond donors (Lipinski definition) is 3. The van der Waals surface area contributed by atoms with E-state index in [4.69, 9.17) is 10.2 Å². The fourth-order valence-corrected chi connectivity index (χ4v) is 1.49. The largest absolute Gasteiger partial charge is 0.508 e. The zero-order valence-corrected chi connectivity index (χ0v) is 9.47. The van der Waals surface area contributed by atoms with Crippen LogP contribution in [0.5, 0.6) is 5.75 Å². The maximum Gasteiger partial charge on any atom is 0.321 e. The number of carboxylic acid groups (broad SMARTS) is 1. The minimum Gasteiger partial charge on any atom is -0.508 e. The quantitative estimate of drug-likeness (QED) is 0.705. The molecule has 1 rings (SSSR count). The van der Waals surface area contributed by atoms with Crippen LogP contribution in [0.2, 0.25) is 0 Å². The van der Waals surface area contributed by atoms with Gasteiger partial charge in [-0.25, -0.2) is 0 Å². The summed E-state index contributed by atoms with van der Waals surface area (Å²) in [5.74, 6) is -0.672. The molecular formula is C12H17NO3. The summed E-state index contributed by atoms with van der Waals surface area (Å²) < 4.78 is 0. The van der Waals surface area contributed by atoms with E-state index in [0.717, 1.165) is 5.56 Å². The highest BCUT2D eigenvalue weighted by atomic mass is 16.4. The van der Waals surface area contributed by atoms with Crippen LogP contribution in [0.4, 0.5) is 0 Å². The summed E-state index contributed by atoms with van der Waals surface area (Å²) in [6, 6.07) is 6.11. The molecule has 0 aliphatic rings. The molecule has 0 aliphatic carbocycles. The molecule has 0 amide bonds. The molecule has 1 aromatic rings. The van der Waals surface area contributed by atoms with E-state index in [1.165, 1.54) is 0 Å². The Hall–Kier alpha value is -1.55. The van der Waals surface area contributed by atoms with Crippen LogP contribution >= 0.6 is 0 Å². The van der Waals surface area contributed by atoms with Gasteiger partial charge in [-0.2, -0.15) is 0 Å². The molecule has 4 nitrogen and oxygen atoms in total. The molecule has 0 aromatic heterocycles. The SMILES string of the molecule is CC(C)N[C@@H](Cc1ccc(O)cc1)C(=O)O. The normalized spacial score (nSPS) is 12.7. The molecule has 4 heteroatoms. The molecule has 0 spiro atoms. The third-order valence-corrected chi connectivity index (χ3v) is 2.21. The zero-order chi connectivity index (χ0) is 12.1. The first-order valence-electron chi connectivity index (χ1n) is 5.26. The molecule has 0 heterocycles. The zero-order valence-electron chi connectivity index (χ0n) is 9.47. The Morgan fingerprint density at radius 2 is 1.88 bits per heavy atom. The van der Waals surface area contributed by atoms with Gasteiger partial charge in [0.1, 0.15) is 11.8 Å². The number of phenolic OH excluding ortho intramolecular Hbond substituents is 1. The van der Waals surface area contributed by atoms with Gasteiger partial charge in [0.25, 0.3) is 0 Å². The molecule has 3 N–H and O–H groups in total. The summed E-state index contributed by atoms with van der Waals surface area (Å²) in [6.45, 7) is 3.82. The summed E-state index contributed by atoms with van der Waals surface area (Å²) in [5, 5.41) is 21.1. The second-order valence-electron chi connectivity index (χ2n) is 4.08. The third kappa shape index (κ3) is 3.90. The molecule has 0 saturated heterocycles. The standard InChI is InChI=1S/C12H17NO3/c1-8(2)13-11(12(15)16)7-9-3-5-10(14)6-4-9/h3-6,8,11,13-14H,7H2,1-2H3,(H,15,16)/t11-/m0/s1. The first-order valence-corrected chi connectivity index (χ1v) is 5.26.